The van der Waals surface area contributed by atoms with E-state index in [0.717, 1.165) is 6.26 Å². The molecule has 1 N–H and O–H groups in total. The summed E-state index contributed by atoms with van der Waals surface area (Å²) in [4.78, 5) is 25.6. The van der Waals surface area contributed by atoms with Crippen LogP contribution in [0.15, 0.2) is 53.4 Å². The van der Waals surface area contributed by atoms with Gasteiger partial charge in [0, 0.05) is 11.9 Å². The Labute approximate surface area is 155 Å². The van der Waals surface area contributed by atoms with E-state index in [1.165, 1.54) is 47.4 Å². The zero-order valence-electron chi connectivity index (χ0n) is 14.4. The van der Waals surface area contributed by atoms with Gasteiger partial charge in [0.05, 0.1) is 23.5 Å². The second kappa shape index (κ2) is 7.36. The van der Waals surface area contributed by atoms with Crippen LogP contribution in [0.3, 0.4) is 0 Å². The normalized spacial score (nSPS) is 16.9. The number of halogens is 1. The van der Waals surface area contributed by atoms with Crippen molar-refractivity contribution in [3.8, 4) is 0 Å². The first kappa shape index (κ1) is 18.8. The summed E-state index contributed by atoms with van der Waals surface area (Å²) in [5.41, 5.74) is 0.511. The maximum atomic E-state index is 13.0. The molecular weight excluding hydrogens is 375 g/mol. The molecule has 0 aliphatic carbocycles. The van der Waals surface area contributed by atoms with Gasteiger partial charge in [-0.1, -0.05) is 12.1 Å². The van der Waals surface area contributed by atoms with E-state index in [1.807, 2.05) is 0 Å². The van der Waals surface area contributed by atoms with Crippen LogP contribution in [0, 0.1) is 5.82 Å². The number of carbonyl (C=O) groups is 2. The van der Waals surface area contributed by atoms with E-state index < -0.39 is 33.8 Å². The van der Waals surface area contributed by atoms with Gasteiger partial charge in [-0.15, -0.1) is 0 Å². The zero-order valence-corrected chi connectivity index (χ0v) is 15.2. The fraction of sp³-hybridized carbons (Fsp3) is 0.222. The molecule has 1 aliphatic heterocycles. The average Bonchev–Trinajstić information content (AvgIpc) is 3.00. The summed E-state index contributed by atoms with van der Waals surface area (Å²) in [5, 5.41) is 2.59. The molecule has 9 heteroatoms. The van der Waals surface area contributed by atoms with E-state index >= 15 is 0 Å². The van der Waals surface area contributed by atoms with Gasteiger partial charge in [0.2, 0.25) is 0 Å². The van der Waals surface area contributed by atoms with E-state index in [-0.39, 0.29) is 23.5 Å². The fourth-order valence-corrected chi connectivity index (χ4v) is 3.62. The molecule has 0 radical (unpaired) electrons. The lowest BCUT2D eigenvalue weighted by atomic mass is 10.2. The molecule has 0 aromatic heterocycles. The van der Waals surface area contributed by atoms with Crippen LogP contribution in [0.4, 0.5) is 14.9 Å². The molecule has 7 nitrogen and oxygen atoms in total. The number of rotatable bonds is 5. The minimum atomic E-state index is -3.56. The number of nitrogens with zero attached hydrogens (tertiary/aromatic N) is 1. The van der Waals surface area contributed by atoms with Crippen molar-refractivity contribution in [1.29, 1.82) is 0 Å². The number of hydrogen-bond acceptors (Lipinski definition) is 5. The maximum Gasteiger partial charge on any atom is 0.414 e. The molecular formula is C18H17FN2O5S. The van der Waals surface area contributed by atoms with Gasteiger partial charge in [-0.25, -0.2) is 17.6 Å². The largest absolute Gasteiger partial charge is 0.442 e. The lowest BCUT2D eigenvalue weighted by Gasteiger charge is -2.13. The number of anilines is 1. The molecule has 0 saturated carbocycles. The third kappa shape index (κ3) is 4.25. The Hall–Kier alpha value is -2.94. The first-order valence-corrected chi connectivity index (χ1v) is 9.96. The number of amides is 2. The number of cyclic esters (lactones) is 1. The van der Waals surface area contributed by atoms with E-state index in [4.69, 9.17) is 4.74 Å². The number of ether oxygens (including phenoxy) is 1. The molecule has 1 atom stereocenters. The minimum absolute atomic E-state index is 0.0143. The topological polar surface area (TPSA) is 92.8 Å². The average molecular weight is 392 g/mol. The molecule has 1 heterocycles. The van der Waals surface area contributed by atoms with Crippen molar-refractivity contribution in [2.45, 2.75) is 11.0 Å². The molecule has 2 amide bonds. The van der Waals surface area contributed by atoms with Gasteiger partial charge in [0.25, 0.3) is 5.91 Å². The molecule has 3 rings (SSSR count). The third-order valence-corrected chi connectivity index (χ3v) is 5.19. The second-order valence-electron chi connectivity index (χ2n) is 6.07. The molecule has 2 aromatic carbocycles. The number of nitrogens with one attached hydrogen (secondary N) is 1. The van der Waals surface area contributed by atoms with E-state index in [2.05, 4.69) is 5.32 Å². The predicted octanol–water partition coefficient (Wildman–Crippen LogP) is 1.98. The first-order chi connectivity index (χ1) is 12.8. The molecule has 0 bridgehead atoms. The number of benzene rings is 2. The van der Waals surface area contributed by atoms with Crippen molar-refractivity contribution in [2.75, 3.05) is 24.2 Å². The van der Waals surface area contributed by atoms with Gasteiger partial charge in [0.1, 0.15) is 11.9 Å². The zero-order chi connectivity index (χ0) is 19.6. The van der Waals surface area contributed by atoms with Gasteiger partial charge in [-0.2, -0.15) is 0 Å². The van der Waals surface area contributed by atoms with Crippen molar-refractivity contribution >= 4 is 27.5 Å². The summed E-state index contributed by atoms with van der Waals surface area (Å²) < 4.78 is 41.8. The van der Waals surface area contributed by atoms with Gasteiger partial charge >= 0.3 is 6.09 Å². The van der Waals surface area contributed by atoms with Gasteiger partial charge in [0.15, 0.2) is 9.84 Å². The highest BCUT2D eigenvalue weighted by Crippen LogP contribution is 2.22. The second-order valence-corrected chi connectivity index (χ2v) is 8.06. The standard InChI is InChI=1S/C18H17FN2O5S/c1-27(24,25)16-5-3-2-4-15(16)17(22)20-10-14-11-21(18(23)26-14)13-8-6-12(19)7-9-13/h2-9,14H,10-11H2,1H3,(H,20,22). The Morgan fingerprint density at radius 2 is 1.89 bits per heavy atom. The molecule has 0 spiro atoms. The molecule has 27 heavy (non-hydrogen) atoms. The molecule has 2 aromatic rings. The highest BCUT2D eigenvalue weighted by molar-refractivity contribution is 7.90. The number of hydrogen-bond donors (Lipinski definition) is 1. The summed E-state index contributed by atoms with van der Waals surface area (Å²) in [6, 6.07) is 11.3. The van der Waals surface area contributed by atoms with E-state index in [0.29, 0.717) is 5.69 Å². The third-order valence-electron chi connectivity index (χ3n) is 4.03. The van der Waals surface area contributed by atoms with Crippen LogP contribution in [0.25, 0.3) is 0 Å². The van der Waals surface area contributed by atoms with Crippen LogP contribution in [0.5, 0.6) is 0 Å². The molecule has 142 valence electrons. The summed E-state index contributed by atoms with van der Waals surface area (Å²) in [5.74, 6) is -0.994. The van der Waals surface area contributed by atoms with Gasteiger partial charge in [-0.3, -0.25) is 9.69 Å². The van der Waals surface area contributed by atoms with E-state index in [1.54, 1.807) is 6.07 Å². The van der Waals surface area contributed by atoms with Crippen LogP contribution in [-0.2, 0) is 14.6 Å². The van der Waals surface area contributed by atoms with Gasteiger partial charge in [-0.05, 0) is 36.4 Å². The Balaban J connectivity index is 1.65. The Morgan fingerprint density at radius 3 is 2.56 bits per heavy atom. The lowest BCUT2D eigenvalue weighted by molar-refractivity contribution is 0.0913. The van der Waals surface area contributed by atoms with Crippen molar-refractivity contribution in [3.63, 3.8) is 0 Å². The highest BCUT2D eigenvalue weighted by Gasteiger charge is 2.32. The minimum Gasteiger partial charge on any atom is -0.442 e. The number of carbonyl (C=O) groups excluding carboxylic acids is 2. The van der Waals surface area contributed by atoms with E-state index in [9.17, 15) is 22.4 Å². The van der Waals surface area contributed by atoms with Crippen molar-refractivity contribution in [1.82, 2.24) is 5.32 Å². The quantitative estimate of drug-likeness (QED) is 0.840. The first-order valence-electron chi connectivity index (χ1n) is 8.06. The summed E-state index contributed by atoms with van der Waals surface area (Å²) in [6.45, 7) is 0.193. The molecule has 1 fully saturated rings. The molecule has 1 aliphatic rings. The molecule has 1 saturated heterocycles. The predicted molar refractivity (Wildman–Crippen MR) is 95.9 cm³/mol. The monoisotopic (exact) mass is 392 g/mol. The van der Waals surface area contributed by atoms with Crippen molar-refractivity contribution < 1.29 is 27.1 Å². The number of sulfone groups is 1. The molecule has 1 unspecified atom stereocenters. The SMILES string of the molecule is CS(=O)(=O)c1ccccc1C(=O)NCC1CN(c2ccc(F)cc2)C(=O)O1. The Bertz CT molecular complexity index is 976. The lowest BCUT2D eigenvalue weighted by Crippen LogP contribution is -2.35. The highest BCUT2D eigenvalue weighted by atomic mass is 32.2. The summed E-state index contributed by atoms with van der Waals surface area (Å²) in [7, 11) is -3.56. The van der Waals surface area contributed by atoms with Crippen molar-refractivity contribution in [3.05, 3.63) is 59.9 Å². The Morgan fingerprint density at radius 1 is 1.22 bits per heavy atom. The van der Waals surface area contributed by atoms with Crippen LogP contribution < -0.4 is 10.2 Å². The summed E-state index contributed by atoms with van der Waals surface area (Å²) >= 11 is 0. The van der Waals surface area contributed by atoms with Crippen LogP contribution in [0.1, 0.15) is 10.4 Å². The Kier molecular flexibility index (Phi) is 5.13. The smallest absolute Gasteiger partial charge is 0.414 e. The van der Waals surface area contributed by atoms with Crippen LogP contribution >= 0.6 is 0 Å². The van der Waals surface area contributed by atoms with Crippen LogP contribution in [-0.4, -0.2) is 45.9 Å². The van der Waals surface area contributed by atoms with Crippen molar-refractivity contribution in [2.24, 2.45) is 0 Å². The van der Waals surface area contributed by atoms with Gasteiger partial charge < -0.3 is 10.1 Å². The maximum absolute atomic E-state index is 13.0. The fourth-order valence-electron chi connectivity index (χ4n) is 2.74. The van der Waals surface area contributed by atoms with Crippen LogP contribution in [0.2, 0.25) is 0 Å². The summed E-state index contributed by atoms with van der Waals surface area (Å²) in [6.07, 6.45) is -0.187.